The minimum Gasteiger partial charge on any atom is -0.366 e. The van der Waals surface area contributed by atoms with Gasteiger partial charge in [0.05, 0.1) is 5.56 Å². The van der Waals surface area contributed by atoms with Crippen LogP contribution in [0, 0.1) is 0 Å². The van der Waals surface area contributed by atoms with Crippen LogP contribution in [0.1, 0.15) is 33.6 Å². The van der Waals surface area contributed by atoms with Gasteiger partial charge in [-0.2, -0.15) is 0 Å². The monoisotopic (exact) mass is 310 g/mol. The topological polar surface area (TPSA) is 88.3 Å². The molecule has 3 N–H and O–H groups in total. The van der Waals surface area contributed by atoms with Crippen molar-refractivity contribution in [2.75, 3.05) is 23.3 Å². The van der Waals surface area contributed by atoms with Gasteiger partial charge in [-0.15, -0.1) is 0 Å². The van der Waals surface area contributed by atoms with E-state index in [2.05, 4.69) is 15.2 Å². The van der Waals surface area contributed by atoms with Crippen LogP contribution in [0.5, 0.6) is 0 Å². The number of rotatable bonds is 4. The smallest absolute Gasteiger partial charge is 0.259 e. The first kappa shape index (κ1) is 15.0. The Kier molecular flexibility index (Phi) is 4.23. The Hall–Kier alpha value is -2.89. The molecule has 2 aromatic rings. The first-order valence-electron chi connectivity index (χ1n) is 7.56. The highest BCUT2D eigenvalue weighted by Crippen LogP contribution is 2.23. The summed E-state index contributed by atoms with van der Waals surface area (Å²) in [5.74, 6) is 0.00883. The highest BCUT2D eigenvalue weighted by molar-refractivity contribution is 6.07. The van der Waals surface area contributed by atoms with E-state index in [1.807, 2.05) is 0 Å². The summed E-state index contributed by atoms with van der Waals surface area (Å²) < 4.78 is 0. The van der Waals surface area contributed by atoms with Crippen molar-refractivity contribution in [1.82, 2.24) is 4.98 Å². The van der Waals surface area contributed by atoms with E-state index in [0.29, 0.717) is 16.8 Å². The van der Waals surface area contributed by atoms with E-state index in [1.165, 1.54) is 0 Å². The van der Waals surface area contributed by atoms with Gasteiger partial charge in [-0.05, 0) is 49.2 Å². The summed E-state index contributed by atoms with van der Waals surface area (Å²) in [5.41, 5.74) is 6.77. The van der Waals surface area contributed by atoms with E-state index in [4.69, 9.17) is 5.73 Å². The maximum Gasteiger partial charge on any atom is 0.259 e. The Morgan fingerprint density at radius 3 is 2.43 bits per heavy atom. The van der Waals surface area contributed by atoms with Crippen molar-refractivity contribution in [3.05, 3.63) is 53.7 Å². The fourth-order valence-electron chi connectivity index (χ4n) is 2.67. The van der Waals surface area contributed by atoms with Crippen LogP contribution in [-0.2, 0) is 0 Å². The van der Waals surface area contributed by atoms with Crippen LogP contribution in [0.15, 0.2) is 42.6 Å². The summed E-state index contributed by atoms with van der Waals surface area (Å²) in [6.45, 7) is 1.84. The molecule has 1 aliphatic heterocycles. The number of carbonyl (C=O) groups excluding carboxylic acids is 2. The predicted molar refractivity (Wildman–Crippen MR) is 88.6 cm³/mol. The summed E-state index contributed by atoms with van der Waals surface area (Å²) in [7, 11) is 0. The van der Waals surface area contributed by atoms with Crippen LogP contribution in [0.4, 0.5) is 11.5 Å². The molecule has 0 unspecified atom stereocenters. The summed E-state index contributed by atoms with van der Waals surface area (Å²) in [4.78, 5) is 30.1. The third-order valence-corrected chi connectivity index (χ3v) is 3.86. The minimum absolute atomic E-state index is 0.216. The number of aromatic nitrogens is 1. The molecule has 0 bridgehead atoms. The zero-order valence-corrected chi connectivity index (χ0v) is 12.7. The second-order valence-corrected chi connectivity index (χ2v) is 5.46. The first-order valence-corrected chi connectivity index (χ1v) is 7.56. The van der Waals surface area contributed by atoms with E-state index < -0.39 is 5.91 Å². The molecule has 23 heavy (non-hydrogen) atoms. The van der Waals surface area contributed by atoms with Gasteiger partial charge in [-0.25, -0.2) is 4.98 Å². The lowest BCUT2D eigenvalue weighted by molar-refractivity contribution is 0.0998. The number of benzene rings is 1. The molecule has 1 aromatic carbocycles. The molecule has 3 rings (SSSR count). The van der Waals surface area contributed by atoms with Gasteiger partial charge in [0.1, 0.15) is 5.82 Å². The Labute approximate surface area is 134 Å². The molecule has 0 atom stereocenters. The Bertz CT molecular complexity index is 722. The highest BCUT2D eigenvalue weighted by Gasteiger charge is 2.20. The second kappa shape index (κ2) is 6.48. The van der Waals surface area contributed by atoms with Gasteiger partial charge in [0, 0.05) is 30.5 Å². The standard InChI is InChI=1S/C17H18N4O2/c18-15(22)12-5-7-13(8-6-12)20-17(23)14-4-3-9-19-16(14)21-10-1-2-11-21/h3-9H,1-2,10-11H2,(H2,18,22)(H,20,23). The predicted octanol–water partition coefficient (Wildman–Crippen LogP) is 2.03. The maximum atomic E-state index is 12.5. The number of hydrogen-bond acceptors (Lipinski definition) is 4. The van der Waals surface area contributed by atoms with Gasteiger partial charge in [-0.1, -0.05) is 0 Å². The van der Waals surface area contributed by atoms with Gasteiger partial charge in [0.15, 0.2) is 0 Å². The number of nitrogens with zero attached hydrogens (tertiary/aromatic N) is 2. The zero-order valence-electron chi connectivity index (χ0n) is 12.7. The third kappa shape index (κ3) is 3.31. The van der Waals surface area contributed by atoms with Gasteiger partial charge in [0.2, 0.25) is 5.91 Å². The number of pyridine rings is 1. The Morgan fingerprint density at radius 1 is 1.09 bits per heavy atom. The minimum atomic E-state index is -0.494. The van der Waals surface area contributed by atoms with E-state index in [9.17, 15) is 9.59 Å². The molecule has 0 saturated carbocycles. The number of amides is 2. The SMILES string of the molecule is NC(=O)c1ccc(NC(=O)c2cccnc2N2CCCC2)cc1. The lowest BCUT2D eigenvalue weighted by Crippen LogP contribution is -2.24. The van der Waals surface area contributed by atoms with Gasteiger partial charge >= 0.3 is 0 Å². The molecule has 1 fully saturated rings. The summed E-state index contributed by atoms with van der Waals surface area (Å²) >= 11 is 0. The normalized spacial score (nSPS) is 13.8. The summed E-state index contributed by atoms with van der Waals surface area (Å²) in [6, 6.07) is 10.0. The number of nitrogens with one attached hydrogen (secondary N) is 1. The molecule has 2 heterocycles. The average Bonchev–Trinajstić information content (AvgIpc) is 3.09. The fourth-order valence-corrected chi connectivity index (χ4v) is 2.67. The van der Waals surface area contributed by atoms with Crippen LogP contribution in [0.25, 0.3) is 0 Å². The zero-order chi connectivity index (χ0) is 16.2. The number of nitrogens with two attached hydrogens (primary N) is 1. The quantitative estimate of drug-likeness (QED) is 0.904. The fraction of sp³-hybridized carbons (Fsp3) is 0.235. The number of anilines is 2. The van der Waals surface area contributed by atoms with Crippen LogP contribution in [-0.4, -0.2) is 29.9 Å². The summed E-state index contributed by atoms with van der Waals surface area (Å²) in [5, 5.41) is 2.83. The molecule has 6 heteroatoms. The van der Waals surface area contributed by atoms with Crippen molar-refractivity contribution in [1.29, 1.82) is 0 Å². The van der Waals surface area contributed by atoms with Gasteiger partial charge in [0.25, 0.3) is 5.91 Å². The molecule has 2 amide bonds. The van der Waals surface area contributed by atoms with Crippen molar-refractivity contribution in [2.24, 2.45) is 5.73 Å². The molecule has 1 aromatic heterocycles. The molecule has 0 spiro atoms. The highest BCUT2D eigenvalue weighted by atomic mass is 16.2. The van der Waals surface area contributed by atoms with E-state index in [-0.39, 0.29) is 5.91 Å². The molecular formula is C17H18N4O2. The lowest BCUT2D eigenvalue weighted by Gasteiger charge is -2.19. The maximum absolute atomic E-state index is 12.5. The molecule has 118 valence electrons. The van der Waals surface area contributed by atoms with Crippen molar-refractivity contribution in [2.45, 2.75) is 12.8 Å². The van der Waals surface area contributed by atoms with Gasteiger partial charge < -0.3 is 16.0 Å². The van der Waals surface area contributed by atoms with E-state index >= 15 is 0 Å². The molecule has 1 aliphatic rings. The molecule has 6 nitrogen and oxygen atoms in total. The molecule has 0 radical (unpaired) electrons. The average molecular weight is 310 g/mol. The molecule has 0 aliphatic carbocycles. The van der Waals surface area contributed by atoms with Gasteiger partial charge in [-0.3, -0.25) is 9.59 Å². The number of carbonyl (C=O) groups is 2. The Balaban J connectivity index is 1.79. The van der Waals surface area contributed by atoms with E-state index in [0.717, 1.165) is 31.7 Å². The number of hydrogen-bond donors (Lipinski definition) is 2. The van der Waals surface area contributed by atoms with Crippen molar-refractivity contribution < 1.29 is 9.59 Å². The summed E-state index contributed by atoms with van der Waals surface area (Å²) in [6.07, 6.45) is 3.94. The van der Waals surface area contributed by atoms with Crippen LogP contribution in [0.3, 0.4) is 0 Å². The van der Waals surface area contributed by atoms with E-state index in [1.54, 1.807) is 42.6 Å². The third-order valence-electron chi connectivity index (χ3n) is 3.86. The van der Waals surface area contributed by atoms with Crippen LogP contribution >= 0.6 is 0 Å². The van der Waals surface area contributed by atoms with Crippen LogP contribution < -0.4 is 16.0 Å². The Morgan fingerprint density at radius 2 is 1.78 bits per heavy atom. The largest absolute Gasteiger partial charge is 0.366 e. The lowest BCUT2D eigenvalue weighted by atomic mass is 10.2. The van der Waals surface area contributed by atoms with Crippen molar-refractivity contribution in [3.8, 4) is 0 Å². The van der Waals surface area contributed by atoms with Crippen molar-refractivity contribution >= 4 is 23.3 Å². The molecular weight excluding hydrogens is 292 g/mol. The number of primary amides is 1. The second-order valence-electron chi connectivity index (χ2n) is 5.46. The van der Waals surface area contributed by atoms with Crippen molar-refractivity contribution in [3.63, 3.8) is 0 Å². The molecule has 1 saturated heterocycles. The van der Waals surface area contributed by atoms with Crippen LogP contribution in [0.2, 0.25) is 0 Å². The first-order chi connectivity index (χ1) is 11.1.